The standard InChI is InChI=1S/C36H46O4/c1-4-6-7-8-9-10-11-12-29-13-18-31(19-14-29)32-20-15-30(16-21-32)17-26-35(37)40-34-24-22-33(23-25-34)36(38)39-27-28(3)5-2/h13-16,18-25,28H,4-12,17,26-27H2,1-3H3. The van der Waals surface area contributed by atoms with E-state index in [4.69, 9.17) is 9.47 Å². The Morgan fingerprint density at radius 3 is 1.80 bits per heavy atom. The molecule has 0 heterocycles. The highest BCUT2D eigenvalue weighted by atomic mass is 16.5. The van der Waals surface area contributed by atoms with E-state index in [9.17, 15) is 9.59 Å². The lowest BCUT2D eigenvalue weighted by molar-refractivity contribution is -0.134. The highest BCUT2D eigenvalue weighted by Crippen LogP contribution is 2.22. The molecule has 4 nitrogen and oxygen atoms in total. The van der Waals surface area contributed by atoms with Crippen LogP contribution in [0, 0.1) is 5.92 Å². The minimum Gasteiger partial charge on any atom is -0.462 e. The fraction of sp³-hybridized carbons (Fsp3) is 0.444. The van der Waals surface area contributed by atoms with E-state index in [2.05, 4.69) is 62.4 Å². The number of carbonyl (C=O) groups excluding carboxylic acids is 2. The summed E-state index contributed by atoms with van der Waals surface area (Å²) in [6.07, 6.45) is 12.4. The molecular formula is C36H46O4. The van der Waals surface area contributed by atoms with Crippen molar-refractivity contribution in [2.75, 3.05) is 6.61 Å². The smallest absolute Gasteiger partial charge is 0.338 e. The van der Waals surface area contributed by atoms with Gasteiger partial charge in [0.05, 0.1) is 12.2 Å². The first kappa shape index (κ1) is 31.1. The number of benzene rings is 3. The molecule has 3 aromatic carbocycles. The summed E-state index contributed by atoms with van der Waals surface area (Å²) in [4.78, 5) is 24.5. The summed E-state index contributed by atoms with van der Waals surface area (Å²) >= 11 is 0. The quantitative estimate of drug-likeness (QED) is 0.0968. The number of aryl methyl sites for hydroxylation is 2. The molecule has 1 atom stereocenters. The number of esters is 2. The third-order valence-corrected chi connectivity index (χ3v) is 7.45. The number of hydrogen-bond acceptors (Lipinski definition) is 4. The van der Waals surface area contributed by atoms with E-state index in [-0.39, 0.29) is 18.4 Å². The van der Waals surface area contributed by atoms with Crippen LogP contribution in [0.1, 0.15) is 100 Å². The molecular weight excluding hydrogens is 496 g/mol. The second-order valence-electron chi connectivity index (χ2n) is 10.9. The molecule has 4 heteroatoms. The Kier molecular flexibility index (Phi) is 13.5. The fourth-order valence-electron chi connectivity index (χ4n) is 4.52. The van der Waals surface area contributed by atoms with Gasteiger partial charge in [0, 0.05) is 6.42 Å². The summed E-state index contributed by atoms with van der Waals surface area (Å²) in [7, 11) is 0. The number of hydrogen-bond donors (Lipinski definition) is 0. The molecule has 1 unspecified atom stereocenters. The van der Waals surface area contributed by atoms with Crippen LogP contribution in [0.3, 0.4) is 0 Å². The van der Waals surface area contributed by atoms with Crippen LogP contribution in [0.4, 0.5) is 0 Å². The second-order valence-corrected chi connectivity index (χ2v) is 10.9. The van der Waals surface area contributed by atoms with Crippen LogP contribution in [-0.4, -0.2) is 18.5 Å². The maximum absolute atomic E-state index is 12.4. The maximum Gasteiger partial charge on any atom is 0.338 e. The molecule has 0 aromatic heterocycles. The number of rotatable bonds is 17. The Bertz CT molecular complexity index is 1150. The van der Waals surface area contributed by atoms with Crippen LogP contribution in [0.25, 0.3) is 11.1 Å². The normalized spacial score (nSPS) is 11.7. The molecule has 214 valence electrons. The molecule has 0 bridgehead atoms. The molecule has 0 aliphatic heterocycles. The zero-order valence-corrected chi connectivity index (χ0v) is 24.6. The highest BCUT2D eigenvalue weighted by Gasteiger charge is 2.11. The number of ether oxygens (including phenoxy) is 2. The lowest BCUT2D eigenvalue weighted by atomic mass is 9.99. The largest absolute Gasteiger partial charge is 0.462 e. The molecule has 0 aliphatic carbocycles. The third kappa shape index (κ3) is 11.0. The molecule has 0 N–H and O–H groups in total. The maximum atomic E-state index is 12.4. The first-order chi connectivity index (χ1) is 19.5. The van der Waals surface area contributed by atoms with Crippen LogP contribution in [0.15, 0.2) is 72.8 Å². The van der Waals surface area contributed by atoms with Gasteiger partial charge in [0.25, 0.3) is 0 Å². The summed E-state index contributed by atoms with van der Waals surface area (Å²) in [6, 6.07) is 23.8. The average molecular weight is 543 g/mol. The van der Waals surface area contributed by atoms with Crippen molar-refractivity contribution in [2.24, 2.45) is 5.92 Å². The number of carbonyl (C=O) groups is 2. The second kappa shape index (κ2) is 17.3. The Morgan fingerprint density at radius 2 is 1.23 bits per heavy atom. The van der Waals surface area contributed by atoms with Crippen molar-refractivity contribution >= 4 is 11.9 Å². The van der Waals surface area contributed by atoms with Crippen LogP contribution in [-0.2, 0) is 22.4 Å². The molecule has 3 aromatic rings. The van der Waals surface area contributed by atoms with Gasteiger partial charge in [-0.1, -0.05) is 114 Å². The van der Waals surface area contributed by atoms with Gasteiger partial charge < -0.3 is 9.47 Å². The lowest BCUT2D eigenvalue weighted by Crippen LogP contribution is -2.12. The van der Waals surface area contributed by atoms with E-state index in [1.807, 2.05) is 6.92 Å². The van der Waals surface area contributed by atoms with E-state index in [0.29, 0.717) is 30.3 Å². The zero-order valence-electron chi connectivity index (χ0n) is 24.6. The molecule has 3 rings (SSSR count). The SMILES string of the molecule is CCCCCCCCCc1ccc(-c2ccc(CCC(=O)Oc3ccc(C(=O)OCC(C)CC)cc3)cc2)cc1. The van der Waals surface area contributed by atoms with Crippen LogP contribution in [0.5, 0.6) is 5.75 Å². The number of unbranched alkanes of at least 4 members (excludes halogenated alkanes) is 6. The van der Waals surface area contributed by atoms with Gasteiger partial charge in [0.1, 0.15) is 5.75 Å². The molecule has 0 radical (unpaired) electrons. The first-order valence-electron chi connectivity index (χ1n) is 15.1. The van der Waals surface area contributed by atoms with E-state index < -0.39 is 0 Å². The molecule has 0 saturated carbocycles. The molecule has 0 fully saturated rings. The van der Waals surface area contributed by atoms with Crippen molar-refractivity contribution in [1.29, 1.82) is 0 Å². The van der Waals surface area contributed by atoms with Gasteiger partial charge in [-0.3, -0.25) is 4.79 Å². The molecule has 40 heavy (non-hydrogen) atoms. The third-order valence-electron chi connectivity index (χ3n) is 7.45. The minimum absolute atomic E-state index is 0.283. The van der Waals surface area contributed by atoms with Crippen molar-refractivity contribution in [2.45, 2.75) is 91.4 Å². The Morgan fingerprint density at radius 1 is 0.675 bits per heavy atom. The lowest BCUT2D eigenvalue weighted by Gasteiger charge is -2.10. The minimum atomic E-state index is -0.360. The summed E-state index contributed by atoms with van der Waals surface area (Å²) in [5, 5.41) is 0. The van der Waals surface area contributed by atoms with E-state index in [1.165, 1.54) is 61.6 Å². The van der Waals surface area contributed by atoms with Gasteiger partial charge in [-0.2, -0.15) is 0 Å². The summed E-state index contributed by atoms with van der Waals surface area (Å²) < 4.78 is 10.8. The van der Waals surface area contributed by atoms with Crippen molar-refractivity contribution in [1.82, 2.24) is 0 Å². The van der Waals surface area contributed by atoms with Gasteiger partial charge in [-0.25, -0.2) is 4.79 Å². The highest BCUT2D eigenvalue weighted by molar-refractivity contribution is 5.89. The Hall–Kier alpha value is -3.40. The van der Waals surface area contributed by atoms with Gasteiger partial charge in [-0.15, -0.1) is 0 Å². The summed E-state index contributed by atoms with van der Waals surface area (Å²) in [5.41, 5.74) is 5.34. The fourth-order valence-corrected chi connectivity index (χ4v) is 4.52. The predicted molar refractivity (Wildman–Crippen MR) is 164 cm³/mol. The molecule has 0 amide bonds. The molecule has 0 aliphatic rings. The van der Waals surface area contributed by atoms with Gasteiger partial charge in [0.2, 0.25) is 0 Å². The van der Waals surface area contributed by atoms with E-state index in [1.54, 1.807) is 24.3 Å². The van der Waals surface area contributed by atoms with Gasteiger partial charge >= 0.3 is 11.9 Å². The Balaban J connectivity index is 1.39. The van der Waals surface area contributed by atoms with Crippen molar-refractivity contribution < 1.29 is 19.1 Å². The molecule has 0 spiro atoms. The predicted octanol–water partition coefficient (Wildman–Crippen LogP) is 9.39. The van der Waals surface area contributed by atoms with Crippen LogP contribution < -0.4 is 4.74 Å². The zero-order chi connectivity index (χ0) is 28.6. The van der Waals surface area contributed by atoms with Crippen molar-refractivity contribution in [3.05, 3.63) is 89.5 Å². The van der Waals surface area contributed by atoms with Crippen LogP contribution in [0.2, 0.25) is 0 Å². The van der Waals surface area contributed by atoms with Crippen LogP contribution >= 0.6 is 0 Å². The van der Waals surface area contributed by atoms with E-state index >= 15 is 0 Å². The van der Waals surface area contributed by atoms with Crippen molar-refractivity contribution in [3.8, 4) is 16.9 Å². The first-order valence-corrected chi connectivity index (χ1v) is 15.1. The van der Waals surface area contributed by atoms with E-state index in [0.717, 1.165) is 18.4 Å². The Labute approximate surface area is 241 Å². The van der Waals surface area contributed by atoms with Gasteiger partial charge in [0.15, 0.2) is 0 Å². The average Bonchev–Trinajstić information content (AvgIpc) is 2.99. The van der Waals surface area contributed by atoms with Gasteiger partial charge in [-0.05, 0) is 71.7 Å². The van der Waals surface area contributed by atoms with Crippen molar-refractivity contribution in [3.63, 3.8) is 0 Å². The summed E-state index contributed by atoms with van der Waals surface area (Å²) in [6.45, 7) is 6.77. The monoisotopic (exact) mass is 542 g/mol. The molecule has 0 saturated heterocycles. The summed E-state index contributed by atoms with van der Waals surface area (Å²) in [5.74, 6) is 0.0966. The topological polar surface area (TPSA) is 52.6 Å².